The average molecular weight is 561 g/mol. The largest absolute Gasteiger partial charge is 0.492 e. The zero-order valence-corrected chi connectivity index (χ0v) is 24.1. The lowest BCUT2D eigenvalue weighted by atomic mass is 9.85. The maximum absolute atomic E-state index is 13.3. The number of hydrogen-bond donors (Lipinski definition) is 3. The second-order valence-corrected chi connectivity index (χ2v) is 10.1. The number of rotatable bonds is 4. The number of aliphatic hydroxyl groups excluding tert-OH is 1. The normalized spacial score (nSPS) is 32.7. The maximum atomic E-state index is 13.3. The molecule has 2 rings (SSSR count). The summed E-state index contributed by atoms with van der Waals surface area (Å²) in [6.07, 6.45) is 3.61. The third-order valence-electron chi connectivity index (χ3n) is 6.95. The minimum absolute atomic E-state index is 0.0801. The number of allylic oxidation sites excluding steroid dienone is 4. The molecular formula is C29H40N2O9. The van der Waals surface area contributed by atoms with Crippen LogP contribution in [0, 0.1) is 11.8 Å². The standard InChI is InChI=1S/C29H40N2O9/c1-15-11-19-25(34)20(14-21(32)27(19)39-7)31-28(35)16(2)9-8-10-22(37-5)26(40-29(30)36)18(4)13-17(3)24(33)23(12-15)38-6/h8-10,13-15,17,22-24,26,33H,11-12H2,1-7H3,(H2,30,36)(H,31,35)/b10-8-,16-9-,18-13+/t15-,17+,22+,23+,24-,26+/m1/s1. The van der Waals surface area contributed by atoms with E-state index in [1.54, 1.807) is 32.1 Å². The second kappa shape index (κ2) is 14.7. The number of aliphatic hydroxyl groups is 1. The summed E-state index contributed by atoms with van der Waals surface area (Å²) < 4.78 is 21.7. The third-order valence-corrected chi connectivity index (χ3v) is 6.95. The number of amides is 2. The molecule has 6 atom stereocenters. The molecule has 0 unspecified atom stereocenters. The first-order valence-corrected chi connectivity index (χ1v) is 13.0. The monoisotopic (exact) mass is 560 g/mol. The van der Waals surface area contributed by atoms with Crippen LogP contribution in [0.4, 0.5) is 4.79 Å². The number of nitrogens with one attached hydrogen (secondary N) is 1. The van der Waals surface area contributed by atoms with Crippen LogP contribution in [0.3, 0.4) is 0 Å². The van der Waals surface area contributed by atoms with E-state index in [4.69, 9.17) is 24.7 Å². The van der Waals surface area contributed by atoms with E-state index in [0.717, 1.165) is 6.08 Å². The van der Waals surface area contributed by atoms with Gasteiger partial charge in [-0.1, -0.05) is 38.2 Å². The third kappa shape index (κ3) is 8.23. The predicted octanol–water partition coefficient (Wildman–Crippen LogP) is 2.41. The highest BCUT2D eigenvalue weighted by atomic mass is 16.6. The molecule has 2 amide bonds. The second-order valence-electron chi connectivity index (χ2n) is 10.1. The number of carbonyl (C=O) groups is 4. The number of Topliss-reactive ketones (excluding diaryl/α,β-unsaturated/α-hetero) is 1. The number of primary amides is 1. The van der Waals surface area contributed by atoms with Crippen molar-refractivity contribution in [3.05, 3.63) is 58.6 Å². The molecule has 220 valence electrons. The van der Waals surface area contributed by atoms with Crippen molar-refractivity contribution in [3.8, 4) is 0 Å². The SMILES string of the molecule is COC1=C2C[C@@H](C)C[C@H](OC)[C@H](O)[C@@H](C)/C=C(\C)[C@H](OC(N)=O)[C@@H](OC)/C=C\C=C(\C)C(=O)NC(=CC1=O)C2=O. The lowest BCUT2D eigenvalue weighted by Gasteiger charge is -2.29. The lowest BCUT2D eigenvalue weighted by molar-refractivity contribution is -0.120. The van der Waals surface area contributed by atoms with E-state index in [0.29, 0.717) is 12.0 Å². The summed E-state index contributed by atoms with van der Waals surface area (Å²) >= 11 is 0. The van der Waals surface area contributed by atoms with Gasteiger partial charge >= 0.3 is 6.09 Å². The molecule has 0 spiro atoms. The number of hydrogen-bond acceptors (Lipinski definition) is 9. The minimum Gasteiger partial charge on any atom is -0.492 e. The summed E-state index contributed by atoms with van der Waals surface area (Å²) in [7, 11) is 4.21. The smallest absolute Gasteiger partial charge is 0.405 e. The van der Waals surface area contributed by atoms with Crippen molar-refractivity contribution in [1.29, 1.82) is 0 Å². The van der Waals surface area contributed by atoms with Gasteiger partial charge in [-0.25, -0.2) is 4.79 Å². The molecule has 1 aliphatic heterocycles. The van der Waals surface area contributed by atoms with Crippen molar-refractivity contribution in [2.24, 2.45) is 17.6 Å². The van der Waals surface area contributed by atoms with Crippen LogP contribution in [0.15, 0.2) is 58.6 Å². The van der Waals surface area contributed by atoms with Crippen molar-refractivity contribution in [2.45, 2.75) is 65.0 Å². The topological polar surface area (TPSA) is 163 Å². The summed E-state index contributed by atoms with van der Waals surface area (Å²) in [6.45, 7) is 6.92. The summed E-state index contributed by atoms with van der Waals surface area (Å²) in [4.78, 5) is 50.6. The molecule has 0 saturated carbocycles. The van der Waals surface area contributed by atoms with E-state index < -0.39 is 53.9 Å². The van der Waals surface area contributed by atoms with Crippen LogP contribution in [0.2, 0.25) is 0 Å². The van der Waals surface area contributed by atoms with E-state index in [-0.39, 0.29) is 34.9 Å². The number of fused-ring (bicyclic) bond motifs is 2. The molecule has 11 nitrogen and oxygen atoms in total. The summed E-state index contributed by atoms with van der Waals surface area (Å²) in [5.74, 6) is -2.39. The van der Waals surface area contributed by atoms with Crippen molar-refractivity contribution in [3.63, 3.8) is 0 Å². The molecule has 11 heteroatoms. The summed E-state index contributed by atoms with van der Waals surface area (Å²) in [5.41, 5.74) is 6.12. The van der Waals surface area contributed by atoms with E-state index in [9.17, 15) is 24.3 Å². The lowest BCUT2D eigenvalue weighted by Crippen LogP contribution is -2.37. The molecule has 2 bridgehead atoms. The van der Waals surface area contributed by atoms with Crippen molar-refractivity contribution in [1.82, 2.24) is 5.32 Å². The summed E-state index contributed by atoms with van der Waals surface area (Å²) in [6, 6.07) is 0. The molecule has 0 saturated heterocycles. The highest BCUT2D eigenvalue weighted by Crippen LogP contribution is 2.29. The molecule has 4 N–H and O–H groups in total. The molecule has 0 radical (unpaired) electrons. The minimum atomic E-state index is -1.00. The highest BCUT2D eigenvalue weighted by Gasteiger charge is 2.34. The van der Waals surface area contributed by atoms with E-state index >= 15 is 0 Å². The van der Waals surface area contributed by atoms with Gasteiger partial charge in [-0.3, -0.25) is 14.4 Å². The first-order valence-electron chi connectivity index (χ1n) is 13.0. The fourth-order valence-corrected chi connectivity index (χ4v) is 4.78. The fourth-order valence-electron chi connectivity index (χ4n) is 4.78. The number of ether oxygens (including phenoxy) is 4. The maximum Gasteiger partial charge on any atom is 0.405 e. The summed E-state index contributed by atoms with van der Waals surface area (Å²) in [5, 5.41) is 13.7. The Morgan fingerprint density at radius 3 is 2.35 bits per heavy atom. The highest BCUT2D eigenvalue weighted by molar-refractivity contribution is 6.23. The number of carbonyl (C=O) groups excluding carboxylic acids is 4. The number of methoxy groups -OCH3 is 3. The molecule has 1 aliphatic carbocycles. The Bertz CT molecular complexity index is 1150. The van der Waals surface area contributed by atoms with Gasteiger partial charge in [0.1, 0.15) is 6.10 Å². The molecule has 40 heavy (non-hydrogen) atoms. The van der Waals surface area contributed by atoms with Crippen molar-refractivity contribution >= 4 is 23.6 Å². The molecule has 0 aromatic rings. The van der Waals surface area contributed by atoms with Gasteiger partial charge in [0, 0.05) is 37.4 Å². The van der Waals surface area contributed by atoms with Gasteiger partial charge in [0.25, 0.3) is 5.91 Å². The molecule has 0 aromatic heterocycles. The average Bonchev–Trinajstić information content (AvgIpc) is 2.90. The Balaban J connectivity index is 2.60. The Hall–Kier alpha value is -3.54. The molecule has 0 aromatic carbocycles. The van der Waals surface area contributed by atoms with Gasteiger partial charge in [-0.2, -0.15) is 0 Å². The van der Waals surface area contributed by atoms with Crippen LogP contribution in [0.25, 0.3) is 0 Å². The molecule has 1 heterocycles. The van der Waals surface area contributed by atoms with E-state index in [1.165, 1.54) is 34.3 Å². The molecular weight excluding hydrogens is 520 g/mol. The zero-order valence-electron chi connectivity index (χ0n) is 24.1. The first-order chi connectivity index (χ1) is 18.8. The van der Waals surface area contributed by atoms with Gasteiger partial charge in [0.2, 0.25) is 11.6 Å². The van der Waals surface area contributed by atoms with Crippen molar-refractivity contribution < 1.29 is 43.2 Å². The Morgan fingerprint density at radius 1 is 1.10 bits per heavy atom. The van der Waals surface area contributed by atoms with Crippen LogP contribution in [0.5, 0.6) is 0 Å². The van der Waals surface area contributed by atoms with E-state index in [1.807, 2.05) is 6.92 Å². The Morgan fingerprint density at radius 2 is 1.77 bits per heavy atom. The van der Waals surface area contributed by atoms with Crippen LogP contribution >= 0.6 is 0 Å². The van der Waals surface area contributed by atoms with Gasteiger partial charge in [0.15, 0.2) is 11.9 Å². The van der Waals surface area contributed by atoms with E-state index in [2.05, 4.69) is 5.32 Å². The van der Waals surface area contributed by atoms with Crippen LogP contribution in [0.1, 0.15) is 40.5 Å². The van der Waals surface area contributed by atoms with Gasteiger partial charge in [-0.05, 0) is 38.2 Å². The number of ketones is 2. The predicted molar refractivity (Wildman–Crippen MR) is 147 cm³/mol. The van der Waals surface area contributed by atoms with Crippen LogP contribution in [-0.2, 0) is 33.3 Å². The molecule has 2 aliphatic rings. The zero-order chi connectivity index (χ0) is 30.1. The Kier molecular flexibility index (Phi) is 12.0. The van der Waals surface area contributed by atoms with Gasteiger partial charge in [0.05, 0.1) is 25.0 Å². The van der Waals surface area contributed by atoms with Crippen molar-refractivity contribution in [2.75, 3.05) is 21.3 Å². The molecule has 0 fully saturated rings. The van der Waals surface area contributed by atoms with Crippen LogP contribution < -0.4 is 11.1 Å². The number of nitrogens with two attached hydrogens (primary N) is 1. The van der Waals surface area contributed by atoms with Crippen LogP contribution in [-0.4, -0.2) is 74.4 Å². The fraction of sp³-hybridized carbons (Fsp3) is 0.517. The van der Waals surface area contributed by atoms with Gasteiger partial charge < -0.3 is 35.1 Å². The van der Waals surface area contributed by atoms with Gasteiger partial charge in [-0.15, -0.1) is 0 Å². The first kappa shape index (κ1) is 32.7. The quantitative estimate of drug-likeness (QED) is 0.346. The Labute approximate surface area is 234 Å².